The number of nitrogens with one attached hydrogen (secondary N) is 2. The van der Waals surface area contributed by atoms with Crippen molar-refractivity contribution in [2.24, 2.45) is 5.92 Å². The summed E-state index contributed by atoms with van der Waals surface area (Å²) in [6, 6.07) is 10.8. The van der Waals surface area contributed by atoms with Crippen LogP contribution in [-0.4, -0.2) is 16.1 Å². The maximum atomic E-state index is 14.3. The minimum Gasteiger partial charge on any atom is -0.326 e. The van der Waals surface area contributed by atoms with Crippen LogP contribution in [0.15, 0.2) is 42.5 Å². The van der Waals surface area contributed by atoms with Crippen molar-refractivity contribution >= 4 is 28.6 Å². The van der Waals surface area contributed by atoms with Gasteiger partial charge >= 0.3 is 0 Å². The average Bonchev–Trinajstić information content (AvgIpc) is 3.31. The van der Waals surface area contributed by atoms with E-state index >= 15 is 0 Å². The molecule has 1 fully saturated rings. The van der Waals surface area contributed by atoms with E-state index in [9.17, 15) is 9.18 Å². The number of halogens is 1. The minimum atomic E-state index is -0.258. The highest BCUT2D eigenvalue weighted by atomic mass is 19.1. The van der Waals surface area contributed by atoms with E-state index in [4.69, 9.17) is 0 Å². The number of aromatic nitrogens is 2. The van der Waals surface area contributed by atoms with E-state index in [1.807, 2.05) is 36.4 Å². The Bertz CT molecular complexity index is 986. The highest BCUT2D eigenvalue weighted by Gasteiger charge is 2.18. The maximum Gasteiger partial charge on any atom is 0.221 e. The number of carbonyl (C=O) groups is 1. The molecule has 3 aromatic rings. The smallest absolute Gasteiger partial charge is 0.221 e. The van der Waals surface area contributed by atoms with Crippen LogP contribution in [0.25, 0.3) is 28.2 Å². The molecule has 0 bridgehead atoms. The van der Waals surface area contributed by atoms with Crippen molar-refractivity contribution in [3.8, 4) is 11.3 Å². The zero-order chi connectivity index (χ0) is 17.4. The zero-order valence-electron chi connectivity index (χ0n) is 13.8. The molecule has 0 unspecified atom stereocenters. The van der Waals surface area contributed by atoms with Crippen molar-refractivity contribution in [2.75, 3.05) is 5.32 Å². The summed E-state index contributed by atoms with van der Waals surface area (Å²) in [5, 5.41) is 10.9. The lowest BCUT2D eigenvalue weighted by Gasteiger charge is -2.05. The Kier molecular flexibility index (Phi) is 3.84. The number of benzene rings is 2. The van der Waals surface area contributed by atoms with Crippen LogP contribution in [0.5, 0.6) is 0 Å². The lowest BCUT2D eigenvalue weighted by atomic mass is 10.0. The van der Waals surface area contributed by atoms with Crippen LogP contribution in [0.4, 0.5) is 10.1 Å². The fourth-order valence-electron chi connectivity index (χ4n) is 2.88. The Morgan fingerprint density at radius 3 is 2.92 bits per heavy atom. The fraction of sp³-hybridized carbons (Fsp3) is 0.200. The number of nitrogens with zero attached hydrogens (tertiary/aromatic N) is 1. The lowest BCUT2D eigenvalue weighted by Crippen LogP contribution is -2.05. The summed E-state index contributed by atoms with van der Waals surface area (Å²) in [6.07, 6.45) is 6.30. The van der Waals surface area contributed by atoms with Gasteiger partial charge in [-0.2, -0.15) is 5.10 Å². The topological polar surface area (TPSA) is 57.8 Å². The predicted octanol–water partition coefficient (Wildman–Crippen LogP) is 4.75. The number of hydrogen-bond acceptors (Lipinski definition) is 2. The zero-order valence-corrected chi connectivity index (χ0v) is 13.8. The molecule has 126 valence electrons. The third-order valence-corrected chi connectivity index (χ3v) is 4.31. The molecule has 0 saturated heterocycles. The number of anilines is 1. The van der Waals surface area contributed by atoms with Crippen LogP contribution >= 0.6 is 0 Å². The maximum absolute atomic E-state index is 14.3. The highest BCUT2D eigenvalue weighted by molar-refractivity contribution is 5.96. The standard InChI is InChI=1S/C20H18FN3O/c1-12(25)22-16-4-2-3-15(9-16)20-17-10-14(8-7-13-5-6-13)18(21)11-19(17)23-24-20/h2-4,7-11,13H,5-6H2,1H3,(H,22,25)(H,23,24)/b8-7+. The summed E-state index contributed by atoms with van der Waals surface area (Å²) in [6.45, 7) is 1.47. The molecule has 0 spiro atoms. The Labute approximate surface area is 144 Å². The van der Waals surface area contributed by atoms with E-state index in [1.165, 1.54) is 25.8 Å². The van der Waals surface area contributed by atoms with Crippen LogP contribution in [0, 0.1) is 11.7 Å². The summed E-state index contributed by atoms with van der Waals surface area (Å²) >= 11 is 0. The van der Waals surface area contributed by atoms with Gasteiger partial charge in [0, 0.05) is 35.2 Å². The number of H-pyrrole nitrogens is 1. The number of carbonyl (C=O) groups excluding carboxylic acids is 1. The van der Waals surface area contributed by atoms with Crippen molar-refractivity contribution in [3.05, 3.63) is 53.9 Å². The SMILES string of the molecule is CC(=O)Nc1cccc(-c2n[nH]c3cc(F)c(/C=C/C4CC4)cc23)c1. The molecule has 0 radical (unpaired) electrons. The molecule has 5 heteroatoms. The Morgan fingerprint density at radius 2 is 2.16 bits per heavy atom. The van der Waals surface area contributed by atoms with Gasteiger partial charge in [-0.1, -0.05) is 24.3 Å². The van der Waals surface area contributed by atoms with E-state index in [2.05, 4.69) is 21.6 Å². The van der Waals surface area contributed by atoms with Crippen molar-refractivity contribution in [1.82, 2.24) is 10.2 Å². The van der Waals surface area contributed by atoms with Gasteiger partial charge in [0.2, 0.25) is 5.91 Å². The molecular weight excluding hydrogens is 317 g/mol. The number of aromatic amines is 1. The van der Waals surface area contributed by atoms with Crippen molar-refractivity contribution in [3.63, 3.8) is 0 Å². The van der Waals surface area contributed by atoms with Crippen LogP contribution in [0.1, 0.15) is 25.3 Å². The second kappa shape index (κ2) is 6.16. The molecule has 1 aliphatic rings. The molecule has 2 N–H and O–H groups in total. The second-order valence-corrected chi connectivity index (χ2v) is 6.45. The molecule has 4 nitrogen and oxygen atoms in total. The van der Waals surface area contributed by atoms with E-state index < -0.39 is 0 Å². The van der Waals surface area contributed by atoms with E-state index in [0.29, 0.717) is 22.7 Å². The molecule has 0 aliphatic heterocycles. The lowest BCUT2D eigenvalue weighted by molar-refractivity contribution is -0.114. The van der Waals surface area contributed by atoms with Crippen molar-refractivity contribution in [1.29, 1.82) is 0 Å². The van der Waals surface area contributed by atoms with Gasteiger partial charge in [0.05, 0.1) is 11.2 Å². The first-order valence-corrected chi connectivity index (χ1v) is 8.34. The fourth-order valence-corrected chi connectivity index (χ4v) is 2.88. The third-order valence-electron chi connectivity index (χ3n) is 4.31. The van der Waals surface area contributed by atoms with Gasteiger partial charge in [-0.05, 0) is 37.0 Å². The molecule has 1 aromatic heterocycles. The molecule has 2 aromatic carbocycles. The van der Waals surface area contributed by atoms with E-state index in [-0.39, 0.29) is 11.7 Å². The highest BCUT2D eigenvalue weighted by Crippen LogP contribution is 2.33. The van der Waals surface area contributed by atoms with Crippen molar-refractivity contribution in [2.45, 2.75) is 19.8 Å². The van der Waals surface area contributed by atoms with Crippen molar-refractivity contribution < 1.29 is 9.18 Å². The first-order valence-electron chi connectivity index (χ1n) is 8.34. The van der Waals surface area contributed by atoms with Crippen LogP contribution in [0.3, 0.4) is 0 Å². The predicted molar refractivity (Wildman–Crippen MR) is 97.5 cm³/mol. The number of amides is 1. The van der Waals surface area contributed by atoms with Gasteiger partial charge in [-0.25, -0.2) is 4.39 Å². The molecule has 25 heavy (non-hydrogen) atoms. The summed E-state index contributed by atoms with van der Waals surface area (Å²) < 4.78 is 14.3. The Morgan fingerprint density at radius 1 is 1.32 bits per heavy atom. The quantitative estimate of drug-likeness (QED) is 0.723. The largest absolute Gasteiger partial charge is 0.326 e. The first kappa shape index (κ1) is 15.6. The molecule has 1 saturated carbocycles. The van der Waals surface area contributed by atoms with Gasteiger partial charge in [-0.3, -0.25) is 9.89 Å². The molecule has 0 atom stereocenters. The molecule has 4 rings (SSSR count). The van der Waals surface area contributed by atoms with Gasteiger partial charge in [0.25, 0.3) is 0 Å². The molecule has 1 heterocycles. The summed E-state index contributed by atoms with van der Waals surface area (Å²) in [7, 11) is 0. The van der Waals surface area contributed by atoms with Gasteiger partial charge in [0.15, 0.2) is 0 Å². The normalized spacial score (nSPS) is 14.3. The molecular formula is C20H18FN3O. The minimum absolute atomic E-state index is 0.126. The van der Waals surface area contributed by atoms with Crippen LogP contribution < -0.4 is 5.32 Å². The van der Waals surface area contributed by atoms with Gasteiger partial charge < -0.3 is 5.32 Å². The summed E-state index contributed by atoms with van der Waals surface area (Å²) in [5.41, 5.74) is 3.53. The molecule has 1 amide bonds. The van der Waals surface area contributed by atoms with Crippen LogP contribution in [0.2, 0.25) is 0 Å². The van der Waals surface area contributed by atoms with Gasteiger partial charge in [-0.15, -0.1) is 0 Å². The monoisotopic (exact) mass is 335 g/mol. The second-order valence-electron chi connectivity index (χ2n) is 6.45. The average molecular weight is 335 g/mol. The van der Waals surface area contributed by atoms with E-state index in [1.54, 1.807) is 0 Å². The number of hydrogen-bond donors (Lipinski definition) is 2. The summed E-state index contributed by atoms with van der Waals surface area (Å²) in [4.78, 5) is 11.3. The third kappa shape index (κ3) is 3.31. The molecule has 1 aliphatic carbocycles. The number of rotatable bonds is 4. The first-order chi connectivity index (χ1) is 12.1. The Hall–Kier alpha value is -2.95. The summed E-state index contributed by atoms with van der Waals surface area (Å²) in [5.74, 6) is 0.207. The van der Waals surface area contributed by atoms with E-state index in [0.717, 1.165) is 16.6 Å². The van der Waals surface area contributed by atoms with Crippen LogP contribution in [-0.2, 0) is 4.79 Å². The Balaban J connectivity index is 1.76. The number of allylic oxidation sites excluding steroid dienone is 1. The number of fused-ring (bicyclic) bond motifs is 1. The van der Waals surface area contributed by atoms with Gasteiger partial charge in [0.1, 0.15) is 5.82 Å².